The summed E-state index contributed by atoms with van der Waals surface area (Å²) in [5.41, 5.74) is 5.38. The Hall–Kier alpha value is -0.660. The Morgan fingerprint density at radius 3 is 2.00 bits per heavy atom. The van der Waals surface area contributed by atoms with Crippen molar-refractivity contribution in [1.29, 1.82) is 0 Å². The summed E-state index contributed by atoms with van der Waals surface area (Å²) < 4.78 is 0. The molecular formula is C10H20N2O. The molecule has 0 aromatic heterocycles. The third-order valence-corrected chi connectivity index (χ3v) is 2.04. The standard InChI is InChI=1S/C10H20N2O/c11-8-6-4-2-1-3-5-7-9-12-10-13/h1-9,11H2. The summed E-state index contributed by atoms with van der Waals surface area (Å²) in [7, 11) is 0. The quantitative estimate of drug-likeness (QED) is 0.338. The molecule has 0 heterocycles. The lowest BCUT2D eigenvalue weighted by molar-refractivity contribution is 0.559. The zero-order valence-corrected chi connectivity index (χ0v) is 8.30. The highest BCUT2D eigenvalue weighted by molar-refractivity contribution is 5.32. The van der Waals surface area contributed by atoms with Gasteiger partial charge in [0.05, 0.1) is 6.54 Å². The van der Waals surface area contributed by atoms with Gasteiger partial charge in [0, 0.05) is 0 Å². The molecule has 0 spiro atoms. The van der Waals surface area contributed by atoms with Gasteiger partial charge in [0.15, 0.2) is 0 Å². The highest BCUT2D eigenvalue weighted by Crippen LogP contribution is 2.06. The zero-order chi connectivity index (χ0) is 9.78. The van der Waals surface area contributed by atoms with Crippen LogP contribution in [0.4, 0.5) is 0 Å². The smallest absolute Gasteiger partial charge is 0.234 e. The SMILES string of the molecule is NCCCCCCCCCN=C=O. The van der Waals surface area contributed by atoms with Crippen LogP contribution in [0.2, 0.25) is 0 Å². The van der Waals surface area contributed by atoms with Crippen molar-refractivity contribution in [1.82, 2.24) is 0 Å². The molecular weight excluding hydrogens is 164 g/mol. The zero-order valence-electron chi connectivity index (χ0n) is 8.30. The van der Waals surface area contributed by atoms with Crippen LogP contribution in [0, 0.1) is 0 Å². The topological polar surface area (TPSA) is 55.4 Å². The van der Waals surface area contributed by atoms with E-state index in [0.29, 0.717) is 6.54 Å². The van der Waals surface area contributed by atoms with Crippen molar-refractivity contribution in [2.75, 3.05) is 13.1 Å². The number of isocyanates is 1. The van der Waals surface area contributed by atoms with E-state index in [1.54, 1.807) is 6.08 Å². The molecule has 0 unspecified atom stereocenters. The minimum Gasteiger partial charge on any atom is -0.330 e. The fourth-order valence-electron chi connectivity index (χ4n) is 1.26. The fraction of sp³-hybridized carbons (Fsp3) is 0.900. The van der Waals surface area contributed by atoms with Gasteiger partial charge in [-0.3, -0.25) is 0 Å². The summed E-state index contributed by atoms with van der Waals surface area (Å²) in [6.45, 7) is 1.46. The monoisotopic (exact) mass is 184 g/mol. The molecule has 0 atom stereocenters. The first-order valence-corrected chi connectivity index (χ1v) is 5.15. The molecule has 2 N–H and O–H groups in total. The minimum atomic E-state index is 0.645. The van der Waals surface area contributed by atoms with Crippen LogP contribution in [0.15, 0.2) is 4.99 Å². The Morgan fingerprint density at radius 2 is 1.46 bits per heavy atom. The van der Waals surface area contributed by atoms with Crippen molar-refractivity contribution >= 4 is 6.08 Å². The van der Waals surface area contributed by atoms with Crippen LogP contribution >= 0.6 is 0 Å². The number of rotatable bonds is 9. The lowest BCUT2D eigenvalue weighted by Crippen LogP contribution is -1.97. The maximum atomic E-state index is 9.71. The highest BCUT2D eigenvalue weighted by atomic mass is 16.1. The van der Waals surface area contributed by atoms with E-state index in [-0.39, 0.29) is 0 Å². The van der Waals surface area contributed by atoms with Gasteiger partial charge < -0.3 is 5.73 Å². The number of hydrogen-bond donors (Lipinski definition) is 1. The normalized spacial score (nSPS) is 9.62. The highest BCUT2D eigenvalue weighted by Gasteiger charge is 1.90. The van der Waals surface area contributed by atoms with E-state index in [0.717, 1.165) is 19.4 Å². The Morgan fingerprint density at radius 1 is 0.923 bits per heavy atom. The third-order valence-electron chi connectivity index (χ3n) is 2.04. The van der Waals surface area contributed by atoms with Crippen molar-refractivity contribution in [2.24, 2.45) is 10.7 Å². The van der Waals surface area contributed by atoms with E-state index in [9.17, 15) is 4.79 Å². The molecule has 0 bridgehead atoms. The summed E-state index contributed by atoms with van der Waals surface area (Å²) >= 11 is 0. The van der Waals surface area contributed by atoms with Crippen LogP contribution in [0.3, 0.4) is 0 Å². The lowest BCUT2D eigenvalue weighted by atomic mass is 10.1. The Bertz CT molecular complexity index is 142. The van der Waals surface area contributed by atoms with Gasteiger partial charge in [0.2, 0.25) is 6.08 Å². The van der Waals surface area contributed by atoms with Gasteiger partial charge in [0.1, 0.15) is 0 Å². The van der Waals surface area contributed by atoms with Crippen LogP contribution < -0.4 is 5.73 Å². The summed E-state index contributed by atoms with van der Waals surface area (Å²) in [6, 6.07) is 0. The lowest BCUT2D eigenvalue weighted by Gasteiger charge is -1.98. The molecule has 3 heteroatoms. The number of unbranched alkanes of at least 4 members (excludes halogenated alkanes) is 6. The van der Waals surface area contributed by atoms with E-state index in [1.165, 1.54) is 32.1 Å². The average Bonchev–Trinajstić information content (AvgIpc) is 2.16. The molecule has 0 fully saturated rings. The van der Waals surface area contributed by atoms with Crippen LogP contribution in [-0.2, 0) is 4.79 Å². The molecule has 0 aliphatic carbocycles. The molecule has 0 aromatic rings. The fourth-order valence-corrected chi connectivity index (χ4v) is 1.26. The van der Waals surface area contributed by atoms with Crippen molar-refractivity contribution in [2.45, 2.75) is 44.9 Å². The van der Waals surface area contributed by atoms with E-state index >= 15 is 0 Å². The molecule has 0 aliphatic rings. The first-order valence-electron chi connectivity index (χ1n) is 5.15. The van der Waals surface area contributed by atoms with E-state index in [4.69, 9.17) is 5.73 Å². The number of hydrogen-bond acceptors (Lipinski definition) is 3. The molecule has 0 aromatic carbocycles. The third kappa shape index (κ3) is 11.3. The van der Waals surface area contributed by atoms with E-state index < -0.39 is 0 Å². The molecule has 0 radical (unpaired) electrons. The molecule has 0 rings (SSSR count). The summed E-state index contributed by atoms with van der Waals surface area (Å²) in [5, 5.41) is 0. The number of nitrogens with two attached hydrogens (primary N) is 1. The summed E-state index contributed by atoms with van der Waals surface area (Å²) in [6.07, 6.45) is 9.96. The van der Waals surface area contributed by atoms with Crippen molar-refractivity contribution in [3.8, 4) is 0 Å². The van der Waals surface area contributed by atoms with Gasteiger partial charge in [-0.1, -0.05) is 32.1 Å². The van der Waals surface area contributed by atoms with Crippen LogP contribution in [-0.4, -0.2) is 19.2 Å². The first kappa shape index (κ1) is 12.3. The maximum Gasteiger partial charge on any atom is 0.234 e. The van der Waals surface area contributed by atoms with Gasteiger partial charge in [-0.15, -0.1) is 0 Å². The number of nitrogens with zero attached hydrogens (tertiary/aromatic N) is 1. The molecule has 0 saturated heterocycles. The average molecular weight is 184 g/mol. The van der Waals surface area contributed by atoms with Crippen molar-refractivity contribution in [3.05, 3.63) is 0 Å². The largest absolute Gasteiger partial charge is 0.330 e. The molecule has 3 nitrogen and oxygen atoms in total. The Kier molecular flexibility index (Phi) is 10.8. The van der Waals surface area contributed by atoms with E-state index in [2.05, 4.69) is 4.99 Å². The number of aliphatic imine (C=N–C) groups is 1. The van der Waals surface area contributed by atoms with Gasteiger partial charge >= 0.3 is 0 Å². The summed E-state index contributed by atoms with van der Waals surface area (Å²) in [4.78, 5) is 13.2. The van der Waals surface area contributed by atoms with Gasteiger partial charge in [0.25, 0.3) is 0 Å². The molecule has 0 amide bonds. The van der Waals surface area contributed by atoms with Gasteiger partial charge in [-0.05, 0) is 19.4 Å². The molecule has 0 aliphatic heterocycles. The predicted molar refractivity (Wildman–Crippen MR) is 54.4 cm³/mol. The second-order valence-corrected chi connectivity index (χ2v) is 3.24. The Balaban J connectivity index is 2.87. The van der Waals surface area contributed by atoms with Gasteiger partial charge in [-0.2, -0.15) is 0 Å². The van der Waals surface area contributed by atoms with Crippen LogP contribution in [0.25, 0.3) is 0 Å². The first-order chi connectivity index (χ1) is 6.41. The minimum absolute atomic E-state index is 0.645. The van der Waals surface area contributed by atoms with Gasteiger partial charge in [-0.25, -0.2) is 9.79 Å². The van der Waals surface area contributed by atoms with Crippen LogP contribution in [0.5, 0.6) is 0 Å². The molecule has 13 heavy (non-hydrogen) atoms. The second-order valence-electron chi connectivity index (χ2n) is 3.24. The Labute approximate surface area is 80.4 Å². The predicted octanol–water partition coefficient (Wildman–Crippen LogP) is 2.01. The number of carbonyl (C=O) groups excluding carboxylic acids is 1. The van der Waals surface area contributed by atoms with E-state index in [1.807, 2.05) is 0 Å². The van der Waals surface area contributed by atoms with Crippen molar-refractivity contribution in [3.63, 3.8) is 0 Å². The second kappa shape index (κ2) is 11.3. The van der Waals surface area contributed by atoms with Crippen molar-refractivity contribution < 1.29 is 4.79 Å². The molecule has 0 saturated carbocycles. The molecule has 76 valence electrons. The van der Waals surface area contributed by atoms with Crippen LogP contribution in [0.1, 0.15) is 44.9 Å². The maximum absolute atomic E-state index is 9.71. The summed E-state index contributed by atoms with van der Waals surface area (Å²) in [5.74, 6) is 0.